The molecule has 33 heavy (non-hydrogen) atoms. The van der Waals surface area contributed by atoms with Crippen molar-refractivity contribution in [3.8, 4) is 22.9 Å². The average Bonchev–Trinajstić information content (AvgIpc) is 2.82. The highest BCUT2D eigenvalue weighted by molar-refractivity contribution is 5.92. The van der Waals surface area contributed by atoms with Crippen LogP contribution >= 0.6 is 0 Å². The lowest BCUT2D eigenvalue weighted by Crippen LogP contribution is -2.37. The van der Waals surface area contributed by atoms with E-state index in [1.165, 1.54) is 6.21 Å². The van der Waals surface area contributed by atoms with Crippen molar-refractivity contribution in [2.75, 3.05) is 63.8 Å². The Balaban J connectivity index is 2.04. The highest BCUT2D eigenvalue weighted by Gasteiger charge is 2.22. The van der Waals surface area contributed by atoms with E-state index in [0.717, 1.165) is 0 Å². The minimum absolute atomic E-state index is 0.127. The topological polar surface area (TPSA) is 125 Å². The predicted molar refractivity (Wildman–Crippen MR) is 129 cm³/mol. The predicted octanol–water partition coefficient (Wildman–Crippen LogP) is 1.77. The Bertz CT molecular complexity index is 933. The molecule has 1 aromatic carbocycles. The largest absolute Gasteiger partial charge is 0.497 e. The molecule has 0 spiro atoms. The van der Waals surface area contributed by atoms with E-state index in [2.05, 4.69) is 15.5 Å². The maximum atomic E-state index is 9.99. The Kier molecular flexibility index (Phi) is 8.81. The summed E-state index contributed by atoms with van der Waals surface area (Å²) in [4.78, 5) is 11.7. The van der Waals surface area contributed by atoms with Crippen LogP contribution < -0.4 is 25.0 Å². The number of aliphatic hydroxyl groups excluding tert-OH is 1. The molecule has 10 nitrogen and oxygen atoms in total. The van der Waals surface area contributed by atoms with Crippen molar-refractivity contribution in [1.29, 1.82) is 5.41 Å². The van der Waals surface area contributed by atoms with Crippen LogP contribution in [0.5, 0.6) is 11.5 Å². The van der Waals surface area contributed by atoms with E-state index in [-0.39, 0.29) is 12.6 Å². The Hall–Kier alpha value is -2.95. The number of methoxy groups -OCH3 is 1. The summed E-state index contributed by atoms with van der Waals surface area (Å²) < 4.78 is 16.8. The lowest BCUT2D eigenvalue weighted by Gasteiger charge is -2.30. The summed E-state index contributed by atoms with van der Waals surface area (Å²) in [5, 5.41) is 24.3. The maximum absolute atomic E-state index is 9.99. The van der Waals surface area contributed by atoms with Crippen molar-refractivity contribution in [1.82, 2.24) is 15.3 Å². The van der Waals surface area contributed by atoms with Crippen LogP contribution in [0.2, 0.25) is 0 Å². The molecule has 0 radical (unpaired) electrons. The van der Waals surface area contributed by atoms with Crippen LogP contribution in [0.4, 0.5) is 11.6 Å². The van der Waals surface area contributed by atoms with Crippen molar-refractivity contribution in [2.24, 2.45) is 0 Å². The van der Waals surface area contributed by atoms with E-state index in [4.69, 9.17) is 29.6 Å². The molecule has 1 atom stereocenters. The second kappa shape index (κ2) is 11.8. The lowest BCUT2D eigenvalue weighted by atomic mass is 10.1. The van der Waals surface area contributed by atoms with E-state index < -0.39 is 6.10 Å². The quantitative estimate of drug-likeness (QED) is 0.373. The Labute approximate surface area is 194 Å². The zero-order chi connectivity index (χ0) is 23.8. The van der Waals surface area contributed by atoms with Gasteiger partial charge >= 0.3 is 0 Å². The molecule has 2 aromatic rings. The smallest absolute Gasteiger partial charge is 0.164 e. The van der Waals surface area contributed by atoms with Gasteiger partial charge < -0.3 is 40.3 Å². The number of nitrogens with zero attached hydrogens (tertiary/aromatic N) is 3. The van der Waals surface area contributed by atoms with E-state index >= 15 is 0 Å². The van der Waals surface area contributed by atoms with Crippen molar-refractivity contribution >= 4 is 17.9 Å². The molecule has 2 heterocycles. The number of ether oxygens (including phenoxy) is 3. The molecule has 1 aliphatic rings. The zero-order valence-corrected chi connectivity index (χ0v) is 19.7. The van der Waals surface area contributed by atoms with Crippen molar-refractivity contribution in [2.45, 2.75) is 26.0 Å². The molecule has 0 aliphatic carbocycles. The number of benzene rings is 1. The molecule has 1 aromatic heterocycles. The van der Waals surface area contributed by atoms with Crippen LogP contribution in [0.15, 0.2) is 18.2 Å². The van der Waals surface area contributed by atoms with Gasteiger partial charge in [-0.15, -0.1) is 0 Å². The van der Waals surface area contributed by atoms with Gasteiger partial charge in [0.25, 0.3) is 0 Å². The molecule has 0 bridgehead atoms. The van der Waals surface area contributed by atoms with Crippen LogP contribution in [0.3, 0.4) is 0 Å². The van der Waals surface area contributed by atoms with Crippen molar-refractivity contribution < 1.29 is 19.3 Å². The normalized spacial score (nSPS) is 14.8. The number of morpholine rings is 1. The molecule has 1 aliphatic heterocycles. The van der Waals surface area contributed by atoms with Gasteiger partial charge in [0.15, 0.2) is 5.82 Å². The Morgan fingerprint density at radius 3 is 2.58 bits per heavy atom. The van der Waals surface area contributed by atoms with Gasteiger partial charge in [-0.1, -0.05) is 0 Å². The van der Waals surface area contributed by atoms with Crippen LogP contribution in [-0.2, 0) is 4.74 Å². The van der Waals surface area contributed by atoms with Crippen molar-refractivity contribution in [3.63, 3.8) is 0 Å². The van der Waals surface area contributed by atoms with Gasteiger partial charge in [-0.05, 0) is 33.0 Å². The highest BCUT2D eigenvalue weighted by atomic mass is 16.5. The third-order valence-corrected chi connectivity index (χ3v) is 5.06. The van der Waals surface area contributed by atoms with Gasteiger partial charge in [-0.25, -0.2) is 9.97 Å². The molecule has 1 unspecified atom stereocenters. The van der Waals surface area contributed by atoms with Crippen LogP contribution in [0.1, 0.15) is 19.4 Å². The zero-order valence-electron chi connectivity index (χ0n) is 19.7. The number of likely N-dealkylation sites (N-methyl/N-ethyl adjacent to an activating group) is 1. The first-order valence-corrected chi connectivity index (χ1v) is 11.1. The van der Waals surface area contributed by atoms with E-state index in [9.17, 15) is 5.11 Å². The fourth-order valence-corrected chi connectivity index (χ4v) is 3.51. The van der Waals surface area contributed by atoms with Crippen molar-refractivity contribution in [3.05, 3.63) is 23.8 Å². The number of aliphatic hydroxyl groups is 1. The number of hydrogen-bond donors (Lipinski definition) is 4. The third-order valence-electron chi connectivity index (χ3n) is 5.06. The molecular formula is C23H34N6O4. The number of nitrogens with one attached hydrogen (secondary N) is 3. The molecule has 10 heteroatoms. The fourth-order valence-electron chi connectivity index (χ4n) is 3.51. The minimum atomic E-state index is -0.637. The first kappa shape index (κ1) is 24.7. The highest BCUT2D eigenvalue weighted by Crippen LogP contribution is 2.32. The minimum Gasteiger partial charge on any atom is -0.497 e. The van der Waals surface area contributed by atoms with Crippen LogP contribution in [-0.4, -0.2) is 87.0 Å². The van der Waals surface area contributed by atoms with E-state index in [0.29, 0.717) is 72.9 Å². The van der Waals surface area contributed by atoms with Crippen LogP contribution in [0.25, 0.3) is 11.4 Å². The van der Waals surface area contributed by atoms with Crippen LogP contribution in [0, 0.1) is 5.41 Å². The number of anilines is 2. The SMILES string of the molecule is CNCC(O)COc1cc(OC)cc(-c2nc(NC(C)C)c(C=N)c(N3CCOCC3)n2)c1. The summed E-state index contributed by atoms with van der Waals surface area (Å²) in [6.07, 6.45) is 0.658. The van der Waals surface area contributed by atoms with Gasteiger partial charge in [0.1, 0.15) is 35.8 Å². The summed E-state index contributed by atoms with van der Waals surface area (Å²) >= 11 is 0. The molecule has 0 amide bonds. The third kappa shape index (κ3) is 6.53. The standard InChI is InChI=1S/C23H34N6O4/c1-15(2)26-22-20(12-24)23(29-5-7-32-8-6-29)28-21(27-22)16-9-18(31-4)11-19(10-16)33-14-17(30)13-25-3/h9-12,15,17,24-25,30H,5-8,13-14H2,1-4H3,(H,26,27,28). The monoisotopic (exact) mass is 458 g/mol. The molecule has 3 rings (SSSR count). The average molecular weight is 459 g/mol. The number of hydrogen-bond acceptors (Lipinski definition) is 10. The van der Waals surface area contributed by atoms with Gasteiger partial charge in [0.05, 0.1) is 25.9 Å². The number of aromatic nitrogens is 2. The van der Waals surface area contributed by atoms with E-state index in [1.807, 2.05) is 26.0 Å². The summed E-state index contributed by atoms with van der Waals surface area (Å²) in [6.45, 7) is 7.21. The maximum Gasteiger partial charge on any atom is 0.164 e. The summed E-state index contributed by atoms with van der Waals surface area (Å²) in [5.41, 5.74) is 1.36. The first-order chi connectivity index (χ1) is 15.9. The van der Waals surface area contributed by atoms with E-state index in [1.54, 1.807) is 20.2 Å². The molecule has 1 fully saturated rings. The summed E-state index contributed by atoms with van der Waals surface area (Å²) in [6, 6.07) is 5.56. The van der Waals surface area contributed by atoms with Gasteiger partial charge in [-0.2, -0.15) is 0 Å². The van der Waals surface area contributed by atoms with Gasteiger partial charge in [0.2, 0.25) is 0 Å². The molecular weight excluding hydrogens is 424 g/mol. The second-order valence-electron chi connectivity index (χ2n) is 8.10. The molecule has 4 N–H and O–H groups in total. The molecule has 180 valence electrons. The molecule has 0 saturated carbocycles. The van der Waals surface area contributed by atoms with Gasteiger partial charge in [0, 0.05) is 43.5 Å². The molecule has 1 saturated heterocycles. The fraction of sp³-hybridized carbons (Fsp3) is 0.522. The lowest BCUT2D eigenvalue weighted by molar-refractivity contribution is 0.108. The summed E-state index contributed by atoms with van der Waals surface area (Å²) in [7, 11) is 3.36. The first-order valence-electron chi connectivity index (χ1n) is 11.1. The Morgan fingerprint density at radius 1 is 1.21 bits per heavy atom. The van der Waals surface area contributed by atoms with Gasteiger partial charge in [-0.3, -0.25) is 0 Å². The summed E-state index contributed by atoms with van der Waals surface area (Å²) in [5.74, 6) is 2.92. The Morgan fingerprint density at radius 2 is 1.94 bits per heavy atom. The second-order valence-corrected chi connectivity index (χ2v) is 8.10. The number of rotatable bonds is 11.